The van der Waals surface area contributed by atoms with Crippen molar-refractivity contribution in [2.24, 2.45) is 4.99 Å². The fourth-order valence-electron chi connectivity index (χ4n) is 1.62. The Labute approximate surface area is 73.1 Å². The Morgan fingerprint density at radius 1 is 1.33 bits per heavy atom. The number of hydrogen-bond donors (Lipinski definition) is 1. The quantitative estimate of drug-likeness (QED) is 0.579. The molecule has 1 radical (unpaired) electrons. The topological polar surface area (TPSA) is 24.4 Å². The number of rotatable bonds is 0. The Morgan fingerprint density at radius 3 is 3.33 bits per heavy atom. The van der Waals surface area contributed by atoms with E-state index in [1.165, 1.54) is 37.0 Å². The molecule has 1 N–H and O–H groups in total. The van der Waals surface area contributed by atoms with Crippen molar-refractivity contribution in [3.8, 4) is 0 Å². The van der Waals surface area contributed by atoms with Crippen LogP contribution in [0.3, 0.4) is 0 Å². The number of allylic oxidation sites excluding steroid dienone is 2. The van der Waals surface area contributed by atoms with Crippen LogP contribution in [0.5, 0.6) is 0 Å². The molecule has 0 amide bonds. The fraction of sp³-hybridized carbons (Fsp3) is 0.500. The van der Waals surface area contributed by atoms with E-state index in [0.717, 1.165) is 6.42 Å². The molecular weight excluding hydrogens is 148 g/mol. The van der Waals surface area contributed by atoms with E-state index in [9.17, 15) is 0 Å². The zero-order chi connectivity index (χ0) is 8.23. The van der Waals surface area contributed by atoms with Crippen LogP contribution in [0.25, 0.3) is 0 Å². The molecule has 1 aliphatic carbocycles. The van der Waals surface area contributed by atoms with Gasteiger partial charge in [-0.15, -0.1) is 0 Å². The number of hydrogen-bond acceptors (Lipinski definition) is 2. The molecule has 2 heteroatoms. The van der Waals surface area contributed by atoms with E-state index in [-0.39, 0.29) is 0 Å². The largest absolute Gasteiger partial charge is 0.337 e. The zero-order valence-electron chi connectivity index (χ0n) is 7.14. The van der Waals surface area contributed by atoms with Gasteiger partial charge in [-0.1, -0.05) is 12.5 Å². The van der Waals surface area contributed by atoms with Crippen molar-refractivity contribution >= 4 is 6.34 Å². The van der Waals surface area contributed by atoms with Crippen LogP contribution in [0.1, 0.15) is 32.1 Å². The predicted octanol–water partition coefficient (Wildman–Crippen LogP) is 2.23. The first kappa shape index (κ1) is 7.59. The monoisotopic (exact) mass is 161 g/mol. The molecule has 12 heavy (non-hydrogen) atoms. The van der Waals surface area contributed by atoms with Crippen LogP contribution < -0.4 is 5.32 Å². The highest BCUT2D eigenvalue weighted by atomic mass is 15.0. The first-order chi connectivity index (χ1) is 5.97. The lowest BCUT2D eigenvalue weighted by Gasteiger charge is -2.16. The molecule has 0 fully saturated rings. The van der Waals surface area contributed by atoms with Crippen molar-refractivity contribution in [2.45, 2.75) is 32.1 Å². The summed E-state index contributed by atoms with van der Waals surface area (Å²) >= 11 is 0. The standard InChI is InChI=1S/C10H13N2/c1-2-4-6-10-9(5-3-1)7-11-8-12-10/h6-7H,1-5H2,(H,11,12)/b10-6+. The van der Waals surface area contributed by atoms with Crippen molar-refractivity contribution in [3.05, 3.63) is 23.5 Å². The van der Waals surface area contributed by atoms with Crippen LogP contribution in [0.15, 0.2) is 28.5 Å². The van der Waals surface area contributed by atoms with Gasteiger partial charge in [0.15, 0.2) is 6.34 Å². The van der Waals surface area contributed by atoms with Gasteiger partial charge in [0.1, 0.15) is 0 Å². The number of nitrogens with zero attached hydrogens (tertiary/aromatic N) is 1. The summed E-state index contributed by atoms with van der Waals surface area (Å²) in [6.45, 7) is 0. The summed E-state index contributed by atoms with van der Waals surface area (Å²) in [6.07, 6.45) is 13.2. The molecule has 0 aromatic carbocycles. The van der Waals surface area contributed by atoms with E-state index >= 15 is 0 Å². The second-order valence-corrected chi connectivity index (χ2v) is 3.24. The smallest absolute Gasteiger partial charge is 0.173 e. The molecule has 0 aromatic rings. The minimum Gasteiger partial charge on any atom is -0.337 e. The van der Waals surface area contributed by atoms with Gasteiger partial charge in [0, 0.05) is 11.9 Å². The Morgan fingerprint density at radius 2 is 2.33 bits per heavy atom. The lowest BCUT2D eigenvalue weighted by atomic mass is 9.99. The molecule has 0 saturated carbocycles. The van der Waals surface area contributed by atoms with Crippen molar-refractivity contribution in [1.82, 2.24) is 5.32 Å². The van der Waals surface area contributed by atoms with E-state index in [4.69, 9.17) is 0 Å². The Bertz CT molecular complexity index is 249. The Balaban J connectivity index is 2.19. The van der Waals surface area contributed by atoms with Crippen molar-refractivity contribution < 1.29 is 0 Å². The normalized spacial score (nSPS) is 27.0. The highest BCUT2D eigenvalue weighted by Crippen LogP contribution is 2.21. The molecule has 1 aliphatic heterocycles. The summed E-state index contributed by atoms with van der Waals surface area (Å²) in [5, 5.41) is 3.06. The third kappa shape index (κ3) is 1.58. The van der Waals surface area contributed by atoms with Crippen LogP contribution >= 0.6 is 0 Å². The third-order valence-corrected chi connectivity index (χ3v) is 2.32. The number of aliphatic imine (C=N–C) groups is 1. The van der Waals surface area contributed by atoms with Crippen LogP contribution in [0.2, 0.25) is 0 Å². The van der Waals surface area contributed by atoms with Gasteiger partial charge in [0.25, 0.3) is 0 Å². The average molecular weight is 161 g/mol. The van der Waals surface area contributed by atoms with Crippen molar-refractivity contribution in [2.75, 3.05) is 0 Å². The maximum atomic E-state index is 3.97. The summed E-state index contributed by atoms with van der Waals surface area (Å²) < 4.78 is 0. The average Bonchev–Trinajstić information content (AvgIpc) is 2.06. The summed E-state index contributed by atoms with van der Waals surface area (Å²) in [5.74, 6) is 0. The van der Waals surface area contributed by atoms with Gasteiger partial charge in [0.2, 0.25) is 0 Å². The van der Waals surface area contributed by atoms with Crippen LogP contribution in [0, 0.1) is 0 Å². The summed E-state index contributed by atoms with van der Waals surface area (Å²) in [6, 6.07) is 0. The van der Waals surface area contributed by atoms with Crippen LogP contribution in [-0.2, 0) is 0 Å². The predicted molar refractivity (Wildman–Crippen MR) is 49.8 cm³/mol. The van der Waals surface area contributed by atoms with Crippen molar-refractivity contribution in [3.63, 3.8) is 0 Å². The Kier molecular flexibility index (Phi) is 2.26. The molecule has 0 aromatic heterocycles. The lowest BCUT2D eigenvalue weighted by Crippen LogP contribution is -2.16. The van der Waals surface area contributed by atoms with Crippen LogP contribution in [0.4, 0.5) is 0 Å². The van der Waals surface area contributed by atoms with Gasteiger partial charge in [0.05, 0.1) is 0 Å². The molecule has 63 valence electrons. The van der Waals surface area contributed by atoms with Gasteiger partial charge >= 0.3 is 0 Å². The molecule has 0 unspecified atom stereocenters. The molecule has 0 saturated heterocycles. The summed E-state index contributed by atoms with van der Waals surface area (Å²) in [4.78, 5) is 3.97. The zero-order valence-corrected chi connectivity index (χ0v) is 7.14. The van der Waals surface area contributed by atoms with Gasteiger partial charge in [-0.2, -0.15) is 0 Å². The first-order valence-electron chi connectivity index (χ1n) is 4.57. The minimum absolute atomic E-state index is 1.16. The van der Waals surface area contributed by atoms with Gasteiger partial charge < -0.3 is 5.32 Å². The Hall–Kier alpha value is -1.05. The molecule has 0 spiro atoms. The molecule has 2 aliphatic rings. The molecule has 2 rings (SSSR count). The van der Waals surface area contributed by atoms with E-state index in [0.29, 0.717) is 0 Å². The molecule has 1 heterocycles. The summed E-state index contributed by atoms with van der Waals surface area (Å²) in [5.41, 5.74) is 2.57. The highest BCUT2D eigenvalue weighted by Gasteiger charge is 2.08. The number of fused-ring (bicyclic) bond motifs is 1. The molecule has 0 bridgehead atoms. The van der Waals surface area contributed by atoms with Gasteiger partial charge in [-0.3, -0.25) is 0 Å². The number of nitrogens with one attached hydrogen (secondary N) is 1. The molecule has 0 atom stereocenters. The van der Waals surface area contributed by atoms with E-state index < -0.39 is 0 Å². The van der Waals surface area contributed by atoms with E-state index in [2.05, 4.69) is 22.7 Å². The van der Waals surface area contributed by atoms with Crippen molar-refractivity contribution in [1.29, 1.82) is 0 Å². The maximum absolute atomic E-state index is 3.97. The minimum atomic E-state index is 1.16. The highest BCUT2D eigenvalue weighted by molar-refractivity contribution is 5.63. The second-order valence-electron chi connectivity index (χ2n) is 3.24. The van der Waals surface area contributed by atoms with Gasteiger partial charge in [-0.25, -0.2) is 4.99 Å². The van der Waals surface area contributed by atoms with E-state index in [1.54, 1.807) is 0 Å². The van der Waals surface area contributed by atoms with Crippen LogP contribution in [-0.4, -0.2) is 6.34 Å². The maximum Gasteiger partial charge on any atom is 0.173 e. The van der Waals surface area contributed by atoms with E-state index in [1.807, 2.05) is 6.20 Å². The first-order valence-corrected chi connectivity index (χ1v) is 4.57. The fourth-order valence-corrected chi connectivity index (χ4v) is 1.62. The lowest BCUT2D eigenvalue weighted by molar-refractivity contribution is 0.665. The SMILES string of the molecule is [C]1=NC=C2CCCCC/C=C\2N1. The van der Waals surface area contributed by atoms with Gasteiger partial charge in [-0.05, 0) is 31.3 Å². The summed E-state index contributed by atoms with van der Waals surface area (Å²) in [7, 11) is 0. The third-order valence-electron chi connectivity index (χ3n) is 2.32. The second kappa shape index (κ2) is 3.57. The molecular formula is C10H13N2. The molecule has 2 nitrogen and oxygen atoms in total.